The largest absolute Gasteiger partial charge is 0.422 e. The summed E-state index contributed by atoms with van der Waals surface area (Å²) in [6.45, 7) is 0. The molecule has 0 saturated heterocycles. The van der Waals surface area contributed by atoms with Gasteiger partial charge in [-0.3, -0.25) is 4.79 Å². The summed E-state index contributed by atoms with van der Waals surface area (Å²) in [6, 6.07) is 22.2. The molecule has 3 aromatic carbocycles. The molecule has 30 heavy (non-hydrogen) atoms. The van der Waals surface area contributed by atoms with Gasteiger partial charge in [0, 0.05) is 27.1 Å². The Bertz CT molecular complexity index is 1480. The van der Waals surface area contributed by atoms with Gasteiger partial charge in [0.2, 0.25) is 0 Å². The van der Waals surface area contributed by atoms with Gasteiger partial charge in [-0.05, 0) is 23.8 Å². The molecule has 2 heterocycles. The summed E-state index contributed by atoms with van der Waals surface area (Å²) >= 11 is 6.56. The van der Waals surface area contributed by atoms with Crippen molar-refractivity contribution in [2.24, 2.45) is 0 Å². The molecular formula is C25H14ClNO3. The Kier molecular flexibility index (Phi) is 3.55. The van der Waals surface area contributed by atoms with Crippen LogP contribution in [0.25, 0.3) is 16.7 Å². The number of allylic oxidation sites excluding steroid dienone is 1. The summed E-state index contributed by atoms with van der Waals surface area (Å²) < 4.78 is 5.64. The maximum Gasteiger partial charge on any atom is 0.342 e. The number of anilines is 1. The number of ketones is 1. The Hall–Kier alpha value is -3.63. The molecule has 0 radical (unpaired) electrons. The van der Waals surface area contributed by atoms with Crippen LogP contribution in [-0.2, 0) is 0 Å². The van der Waals surface area contributed by atoms with Crippen molar-refractivity contribution in [2.75, 3.05) is 5.32 Å². The fraction of sp³-hybridized carbons (Fsp3) is 0.0400. The van der Waals surface area contributed by atoms with Crippen molar-refractivity contribution in [2.45, 2.75) is 5.92 Å². The van der Waals surface area contributed by atoms with E-state index in [4.69, 9.17) is 16.0 Å². The van der Waals surface area contributed by atoms with Gasteiger partial charge in [0.25, 0.3) is 0 Å². The molecule has 1 aromatic heterocycles. The number of carbonyl (C=O) groups is 1. The van der Waals surface area contributed by atoms with E-state index in [1.807, 2.05) is 60.7 Å². The highest BCUT2D eigenvalue weighted by Gasteiger charge is 2.42. The summed E-state index contributed by atoms with van der Waals surface area (Å²) in [7, 11) is 0. The van der Waals surface area contributed by atoms with E-state index in [2.05, 4.69) is 5.32 Å². The summed E-state index contributed by atoms with van der Waals surface area (Å²) in [5.41, 5.74) is 4.49. The minimum Gasteiger partial charge on any atom is -0.422 e. The highest BCUT2D eigenvalue weighted by atomic mass is 35.5. The third-order valence-electron chi connectivity index (χ3n) is 5.85. The van der Waals surface area contributed by atoms with Crippen LogP contribution in [-0.4, -0.2) is 5.78 Å². The van der Waals surface area contributed by atoms with Crippen LogP contribution in [0, 0.1) is 0 Å². The van der Waals surface area contributed by atoms with Crippen molar-refractivity contribution in [1.29, 1.82) is 0 Å². The van der Waals surface area contributed by atoms with E-state index in [0.29, 0.717) is 38.6 Å². The lowest BCUT2D eigenvalue weighted by Crippen LogP contribution is -2.25. The number of benzene rings is 3. The Balaban J connectivity index is 1.75. The molecule has 0 fully saturated rings. The highest BCUT2D eigenvalue weighted by molar-refractivity contribution is 6.32. The topological polar surface area (TPSA) is 59.3 Å². The highest BCUT2D eigenvalue weighted by Crippen LogP contribution is 2.50. The number of nitrogens with one attached hydrogen (secondary N) is 1. The van der Waals surface area contributed by atoms with Gasteiger partial charge < -0.3 is 9.73 Å². The molecule has 1 aliphatic carbocycles. The van der Waals surface area contributed by atoms with Crippen LogP contribution < -0.4 is 10.9 Å². The van der Waals surface area contributed by atoms with Crippen molar-refractivity contribution in [3.63, 3.8) is 0 Å². The van der Waals surface area contributed by atoms with Gasteiger partial charge in [0.15, 0.2) is 5.78 Å². The van der Waals surface area contributed by atoms with Crippen molar-refractivity contribution in [1.82, 2.24) is 0 Å². The maximum absolute atomic E-state index is 13.4. The summed E-state index contributed by atoms with van der Waals surface area (Å²) in [5, 5.41) is 4.69. The van der Waals surface area contributed by atoms with E-state index >= 15 is 0 Å². The average molecular weight is 412 g/mol. The summed E-state index contributed by atoms with van der Waals surface area (Å²) in [5.74, 6) is -0.720. The van der Waals surface area contributed by atoms with Crippen LogP contribution in [0.2, 0.25) is 5.02 Å². The molecule has 1 atom stereocenters. The molecule has 2 aliphatic rings. The summed E-state index contributed by atoms with van der Waals surface area (Å²) in [6.07, 6.45) is 0. The second kappa shape index (κ2) is 6.18. The molecule has 4 nitrogen and oxygen atoms in total. The predicted octanol–water partition coefficient (Wildman–Crippen LogP) is 5.61. The third kappa shape index (κ3) is 2.22. The fourth-order valence-corrected chi connectivity index (χ4v) is 4.81. The quantitative estimate of drug-likeness (QED) is 0.413. The minimum atomic E-state index is -0.620. The van der Waals surface area contributed by atoms with Crippen LogP contribution in [0.3, 0.4) is 0 Å². The molecule has 0 amide bonds. The number of para-hydroxylation sites is 1. The first-order valence-corrected chi connectivity index (χ1v) is 9.98. The molecule has 4 aromatic rings. The molecule has 0 saturated carbocycles. The van der Waals surface area contributed by atoms with Crippen LogP contribution in [0.5, 0.6) is 0 Å². The zero-order chi connectivity index (χ0) is 20.4. The minimum absolute atomic E-state index is 0.101. The number of rotatable bonds is 1. The Morgan fingerprint density at radius 1 is 0.833 bits per heavy atom. The zero-order valence-electron chi connectivity index (χ0n) is 15.6. The van der Waals surface area contributed by atoms with Crippen LogP contribution in [0.1, 0.15) is 33.0 Å². The Morgan fingerprint density at radius 3 is 2.37 bits per heavy atom. The predicted molar refractivity (Wildman–Crippen MR) is 117 cm³/mol. The first-order chi connectivity index (χ1) is 14.6. The van der Waals surface area contributed by atoms with Gasteiger partial charge in [-0.2, -0.15) is 0 Å². The number of hydrogen-bond acceptors (Lipinski definition) is 4. The van der Waals surface area contributed by atoms with Gasteiger partial charge >= 0.3 is 5.63 Å². The van der Waals surface area contributed by atoms with E-state index in [1.54, 1.807) is 12.1 Å². The molecular weight excluding hydrogens is 398 g/mol. The van der Waals surface area contributed by atoms with E-state index in [0.717, 1.165) is 16.6 Å². The molecule has 144 valence electrons. The molecule has 1 aliphatic heterocycles. The number of halogens is 1. The standard InChI is InChI=1S/C25H14ClNO3/c26-17-11-5-3-9-15(17)19-20-22(13-7-1-2-8-14(13)24(20)28)27-23-16-10-4-6-12-18(16)30-25(29)21(19)23/h1-12,19,27H. The van der Waals surface area contributed by atoms with Gasteiger partial charge in [0.1, 0.15) is 5.58 Å². The number of hydrogen-bond donors (Lipinski definition) is 1. The van der Waals surface area contributed by atoms with E-state index in [9.17, 15) is 9.59 Å². The normalized spacial score (nSPS) is 16.8. The van der Waals surface area contributed by atoms with E-state index in [1.165, 1.54) is 0 Å². The molecule has 0 bridgehead atoms. The van der Waals surface area contributed by atoms with Crippen LogP contribution in [0.4, 0.5) is 5.69 Å². The van der Waals surface area contributed by atoms with Crippen molar-refractivity contribution in [3.05, 3.63) is 116 Å². The monoisotopic (exact) mass is 411 g/mol. The average Bonchev–Trinajstić information content (AvgIpc) is 3.05. The third-order valence-corrected chi connectivity index (χ3v) is 6.19. The number of carbonyl (C=O) groups excluding carboxylic acids is 1. The van der Waals surface area contributed by atoms with Gasteiger partial charge in [-0.25, -0.2) is 4.79 Å². The molecule has 1 N–H and O–H groups in total. The zero-order valence-corrected chi connectivity index (χ0v) is 16.4. The van der Waals surface area contributed by atoms with E-state index < -0.39 is 11.5 Å². The number of fused-ring (bicyclic) bond motifs is 5. The second-order valence-corrected chi connectivity index (χ2v) is 7.82. The maximum atomic E-state index is 13.4. The molecule has 6 rings (SSSR count). The van der Waals surface area contributed by atoms with Gasteiger partial charge in [-0.15, -0.1) is 0 Å². The first kappa shape index (κ1) is 17.2. The number of Topliss-reactive ketones (excluding diaryl/α,β-unsaturated/α-hetero) is 1. The summed E-state index contributed by atoms with van der Waals surface area (Å²) in [4.78, 5) is 26.6. The Labute approximate surface area is 176 Å². The Morgan fingerprint density at radius 2 is 1.53 bits per heavy atom. The van der Waals surface area contributed by atoms with Crippen LogP contribution >= 0.6 is 11.6 Å². The van der Waals surface area contributed by atoms with Crippen molar-refractivity contribution < 1.29 is 9.21 Å². The molecule has 5 heteroatoms. The van der Waals surface area contributed by atoms with E-state index in [-0.39, 0.29) is 5.78 Å². The van der Waals surface area contributed by atoms with Gasteiger partial charge in [0.05, 0.1) is 22.9 Å². The SMILES string of the molecule is O=C1C2=C(Nc3c(c(=O)oc4ccccc34)C2c2ccccc2Cl)c2ccccc21. The molecule has 0 spiro atoms. The van der Waals surface area contributed by atoms with Crippen molar-refractivity contribution in [3.8, 4) is 0 Å². The lowest BCUT2D eigenvalue weighted by atomic mass is 9.80. The van der Waals surface area contributed by atoms with Crippen LogP contribution in [0.15, 0.2) is 87.6 Å². The first-order valence-electron chi connectivity index (χ1n) is 9.60. The smallest absolute Gasteiger partial charge is 0.342 e. The van der Waals surface area contributed by atoms with Gasteiger partial charge in [-0.1, -0.05) is 66.2 Å². The lowest BCUT2D eigenvalue weighted by molar-refractivity contribution is 0.103. The molecule has 1 unspecified atom stereocenters. The van der Waals surface area contributed by atoms with Crippen molar-refractivity contribution >= 4 is 39.7 Å². The lowest BCUT2D eigenvalue weighted by Gasteiger charge is -2.28. The second-order valence-electron chi connectivity index (χ2n) is 7.42. The fourth-order valence-electron chi connectivity index (χ4n) is 4.56.